The lowest BCUT2D eigenvalue weighted by molar-refractivity contribution is 0.166. The average Bonchev–Trinajstić information content (AvgIpc) is 3.46. The molecule has 2 heterocycles. The van der Waals surface area contributed by atoms with Gasteiger partial charge in [-0.2, -0.15) is 5.26 Å². The highest BCUT2D eigenvalue weighted by Crippen LogP contribution is 2.62. The molecule has 0 amide bonds. The van der Waals surface area contributed by atoms with Crippen LogP contribution in [0.3, 0.4) is 0 Å². The van der Waals surface area contributed by atoms with E-state index < -0.39 is 0 Å². The van der Waals surface area contributed by atoms with Gasteiger partial charge in [0.25, 0.3) is 0 Å². The van der Waals surface area contributed by atoms with Gasteiger partial charge in [-0.25, -0.2) is 0 Å². The van der Waals surface area contributed by atoms with E-state index in [-0.39, 0.29) is 0 Å². The monoisotopic (exact) mass is 610 g/mol. The van der Waals surface area contributed by atoms with Crippen molar-refractivity contribution in [1.29, 1.82) is 5.26 Å². The molecular weight excluding hydrogens is 569 g/mol. The van der Waals surface area contributed by atoms with Crippen LogP contribution >= 0.6 is 0 Å². The Morgan fingerprint density at radius 2 is 1.13 bits per heavy atom. The molecule has 2 heteroatoms. The standard InChI is InChI=1S/C45H42N2/c1-22-8-34-30-11-24-9-25(12-30)14-31(13-24)38(34)41-35-19-29(28-6-4-3-5-7-28)20-36-42-40-33-17-26-10-27(18-33)16-32(15-26)39(40)37(21-46)23(2)44(42)47(43(22)41)45(35)36/h3-8,19-20,24-27,30-33H,9-18H2,1-2H3. The Bertz CT molecular complexity index is 2370. The summed E-state index contributed by atoms with van der Waals surface area (Å²) >= 11 is 0. The third-order valence-corrected chi connectivity index (χ3v) is 14.8. The number of hydrogen-bond acceptors (Lipinski definition) is 1. The number of hydrogen-bond donors (Lipinski definition) is 0. The van der Waals surface area contributed by atoms with Gasteiger partial charge in [0.2, 0.25) is 0 Å². The second-order valence-corrected chi connectivity index (χ2v) is 17.3. The summed E-state index contributed by atoms with van der Waals surface area (Å²) in [5.41, 5.74) is 17.0. The van der Waals surface area contributed by atoms with E-state index in [2.05, 4.69) is 72.8 Å². The number of benzene rings is 4. The minimum atomic E-state index is 0.549. The van der Waals surface area contributed by atoms with E-state index in [0.29, 0.717) is 17.8 Å². The molecule has 14 rings (SSSR count). The molecule has 8 aliphatic rings. The van der Waals surface area contributed by atoms with Gasteiger partial charge in [0.15, 0.2) is 0 Å². The molecule has 4 atom stereocenters. The fraction of sp³-hybridized carbons (Fsp3) is 0.444. The molecule has 4 saturated carbocycles. The van der Waals surface area contributed by atoms with E-state index in [1.54, 1.807) is 22.1 Å². The van der Waals surface area contributed by atoms with E-state index in [1.807, 2.05) is 0 Å². The molecule has 0 saturated heterocycles. The normalized spacial score (nSPS) is 31.6. The maximum Gasteiger partial charge on any atom is 0.0998 e. The molecule has 0 radical (unpaired) electrons. The van der Waals surface area contributed by atoms with Gasteiger partial charge in [0.05, 0.1) is 28.2 Å². The maximum atomic E-state index is 11.0. The van der Waals surface area contributed by atoms with Gasteiger partial charge >= 0.3 is 0 Å². The Kier molecular flexibility index (Phi) is 4.89. The third-order valence-electron chi connectivity index (χ3n) is 14.8. The van der Waals surface area contributed by atoms with Crippen molar-refractivity contribution in [2.24, 2.45) is 23.7 Å². The van der Waals surface area contributed by atoms with E-state index in [1.165, 1.54) is 125 Å². The van der Waals surface area contributed by atoms with Gasteiger partial charge in [-0.15, -0.1) is 0 Å². The second kappa shape index (κ2) is 8.79. The number of fused-ring (bicyclic) bond motifs is 6. The summed E-state index contributed by atoms with van der Waals surface area (Å²) in [5.74, 6) is 5.99. The molecule has 4 unspecified atom stereocenters. The summed E-state index contributed by atoms with van der Waals surface area (Å²) in [6.45, 7) is 4.70. The van der Waals surface area contributed by atoms with Gasteiger partial charge in [-0.3, -0.25) is 0 Å². The summed E-state index contributed by atoms with van der Waals surface area (Å²) in [6.07, 6.45) is 13.6. The predicted octanol–water partition coefficient (Wildman–Crippen LogP) is 11.8. The molecule has 232 valence electrons. The largest absolute Gasteiger partial charge is 0.307 e. The molecule has 4 aromatic carbocycles. The van der Waals surface area contributed by atoms with Crippen LogP contribution in [-0.2, 0) is 0 Å². The summed E-state index contributed by atoms with van der Waals surface area (Å²) in [6, 6.07) is 21.8. The molecule has 8 bridgehead atoms. The van der Waals surface area contributed by atoms with Gasteiger partial charge in [0, 0.05) is 21.5 Å². The Balaban J connectivity index is 1.31. The van der Waals surface area contributed by atoms with Crippen molar-refractivity contribution in [3.05, 3.63) is 87.5 Å². The van der Waals surface area contributed by atoms with Crippen molar-refractivity contribution in [3.8, 4) is 17.2 Å². The van der Waals surface area contributed by atoms with Crippen LogP contribution in [0.25, 0.3) is 49.2 Å². The van der Waals surface area contributed by atoms with E-state index in [4.69, 9.17) is 0 Å². The number of aryl methyl sites for hydroxylation is 2. The maximum absolute atomic E-state index is 11.0. The summed E-state index contributed by atoms with van der Waals surface area (Å²) in [7, 11) is 0. The number of nitrogens with zero attached hydrogens (tertiary/aromatic N) is 2. The minimum Gasteiger partial charge on any atom is -0.307 e. The minimum absolute atomic E-state index is 0.549. The van der Waals surface area contributed by atoms with Crippen LogP contribution < -0.4 is 0 Å². The van der Waals surface area contributed by atoms with Crippen LogP contribution in [0, 0.1) is 48.9 Å². The van der Waals surface area contributed by atoms with E-state index in [9.17, 15) is 5.26 Å². The predicted molar refractivity (Wildman–Crippen MR) is 192 cm³/mol. The fourth-order valence-corrected chi connectivity index (χ4v) is 13.7. The first-order chi connectivity index (χ1) is 23.0. The molecule has 8 aliphatic carbocycles. The molecule has 0 aliphatic heterocycles. The van der Waals surface area contributed by atoms with Gasteiger partial charge in [0.1, 0.15) is 0 Å². The quantitative estimate of drug-likeness (QED) is 0.182. The second-order valence-electron chi connectivity index (χ2n) is 17.3. The molecule has 6 aromatic rings. The summed E-state index contributed by atoms with van der Waals surface area (Å²) < 4.78 is 2.71. The number of rotatable bonds is 1. The Hall–Kier alpha value is -3.83. The van der Waals surface area contributed by atoms with Crippen LogP contribution in [0.4, 0.5) is 0 Å². The van der Waals surface area contributed by atoms with Gasteiger partial charge in [-0.1, -0.05) is 36.4 Å². The van der Waals surface area contributed by atoms with Crippen molar-refractivity contribution in [3.63, 3.8) is 0 Å². The third kappa shape index (κ3) is 3.18. The lowest BCUT2D eigenvalue weighted by Gasteiger charge is -2.38. The summed E-state index contributed by atoms with van der Waals surface area (Å²) in [4.78, 5) is 0. The Labute approximate surface area is 277 Å². The smallest absolute Gasteiger partial charge is 0.0998 e. The average molecular weight is 611 g/mol. The van der Waals surface area contributed by atoms with Crippen LogP contribution in [0.1, 0.15) is 127 Å². The lowest BCUT2D eigenvalue weighted by Crippen LogP contribution is -2.25. The molecular formula is C45H42N2. The highest BCUT2D eigenvalue weighted by molar-refractivity contribution is 6.27. The van der Waals surface area contributed by atoms with Crippen molar-refractivity contribution in [2.45, 2.75) is 102 Å². The van der Waals surface area contributed by atoms with Crippen LogP contribution in [-0.4, -0.2) is 4.40 Å². The zero-order valence-electron chi connectivity index (χ0n) is 27.7. The first kappa shape index (κ1) is 26.2. The Morgan fingerprint density at radius 1 is 0.574 bits per heavy atom. The Morgan fingerprint density at radius 3 is 1.74 bits per heavy atom. The molecule has 0 N–H and O–H groups in total. The van der Waals surface area contributed by atoms with Crippen LogP contribution in [0.5, 0.6) is 0 Å². The molecule has 2 aromatic heterocycles. The molecule has 0 spiro atoms. The van der Waals surface area contributed by atoms with Gasteiger partial charge < -0.3 is 4.40 Å². The van der Waals surface area contributed by atoms with Crippen LogP contribution in [0.2, 0.25) is 0 Å². The number of aromatic nitrogens is 1. The molecule has 2 nitrogen and oxygen atoms in total. The van der Waals surface area contributed by atoms with Crippen molar-refractivity contribution in [2.75, 3.05) is 0 Å². The van der Waals surface area contributed by atoms with E-state index >= 15 is 0 Å². The number of nitriles is 1. The topological polar surface area (TPSA) is 28.2 Å². The van der Waals surface area contributed by atoms with Crippen molar-refractivity contribution in [1.82, 2.24) is 4.40 Å². The SMILES string of the molecule is Cc1cc2c(c3c4cc(-c5ccccc5)cc5c6c7c(c(C#N)c(C)c6n(c13)c45)C1CC3CC(C1)CC7C3)C1CC3CC(CC2C3)C1. The first-order valence-electron chi connectivity index (χ1n) is 18.9. The zero-order valence-corrected chi connectivity index (χ0v) is 27.7. The van der Waals surface area contributed by atoms with Crippen LogP contribution in [0.15, 0.2) is 48.5 Å². The van der Waals surface area contributed by atoms with Gasteiger partial charge in [-0.05, 0) is 182 Å². The highest BCUT2D eigenvalue weighted by atomic mass is 14.9. The highest BCUT2D eigenvalue weighted by Gasteiger charge is 2.46. The summed E-state index contributed by atoms with van der Waals surface area (Å²) in [5, 5.41) is 17.0. The van der Waals surface area contributed by atoms with Crippen molar-refractivity contribution >= 4 is 38.1 Å². The fourth-order valence-electron chi connectivity index (χ4n) is 13.7. The molecule has 4 fully saturated rings. The molecule has 47 heavy (non-hydrogen) atoms. The van der Waals surface area contributed by atoms with Crippen molar-refractivity contribution < 1.29 is 0 Å². The van der Waals surface area contributed by atoms with E-state index in [0.717, 1.165) is 35.2 Å². The zero-order chi connectivity index (χ0) is 30.9. The first-order valence-corrected chi connectivity index (χ1v) is 18.9. The lowest BCUT2D eigenvalue weighted by atomic mass is 9.67.